The van der Waals surface area contributed by atoms with Crippen molar-refractivity contribution in [3.63, 3.8) is 0 Å². The second kappa shape index (κ2) is 6.84. The summed E-state index contributed by atoms with van der Waals surface area (Å²) < 4.78 is 5.76. The molecule has 0 aliphatic rings. The van der Waals surface area contributed by atoms with Gasteiger partial charge < -0.3 is 10.1 Å². The number of rotatable bonds is 5. The first-order chi connectivity index (χ1) is 10.4. The van der Waals surface area contributed by atoms with E-state index in [1.165, 1.54) is 5.56 Å². The molecule has 0 heterocycles. The fraction of sp³-hybridized carbons (Fsp3) is 0.278. The highest BCUT2D eigenvalue weighted by Crippen LogP contribution is 2.21. The number of benzene rings is 2. The summed E-state index contributed by atoms with van der Waals surface area (Å²) in [6, 6.07) is 15.0. The average Bonchev–Trinajstić information content (AvgIpc) is 2.48. The molecule has 4 heteroatoms. The normalized spacial score (nSPS) is 11.1. The van der Waals surface area contributed by atoms with E-state index in [2.05, 4.69) is 5.32 Å². The van der Waals surface area contributed by atoms with Crippen LogP contribution in [0.2, 0.25) is 5.02 Å². The SMILES string of the molecule is Cc1ccc(CNC(=O)C(C)(C)Oc2ccc(Cl)cc2)cc1. The largest absolute Gasteiger partial charge is 0.478 e. The van der Waals surface area contributed by atoms with Crippen LogP contribution in [-0.4, -0.2) is 11.5 Å². The Bertz CT molecular complexity index is 633. The van der Waals surface area contributed by atoms with Gasteiger partial charge >= 0.3 is 0 Å². The molecular formula is C18H20ClNO2. The summed E-state index contributed by atoms with van der Waals surface area (Å²) in [5.74, 6) is 0.447. The van der Waals surface area contributed by atoms with Crippen molar-refractivity contribution in [3.05, 3.63) is 64.7 Å². The Balaban J connectivity index is 1.94. The van der Waals surface area contributed by atoms with Crippen molar-refractivity contribution in [2.75, 3.05) is 0 Å². The lowest BCUT2D eigenvalue weighted by Crippen LogP contribution is -2.46. The van der Waals surface area contributed by atoms with Crippen LogP contribution < -0.4 is 10.1 Å². The Morgan fingerprint density at radius 3 is 2.27 bits per heavy atom. The second-order valence-corrected chi connectivity index (χ2v) is 6.17. The number of carbonyl (C=O) groups excluding carboxylic acids is 1. The lowest BCUT2D eigenvalue weighted by Gasteiger charge is -2.25. The Labute approximate surface area is 136 Å². The Hall–Kier alpha value is -2.00. The molecule has 1 N–H and O–H groups in total. The highest BCUT2D eigenvalue weighted by Gasteiger charge is 2.29. The van der Waals surface area contributed by atoms with Crippen LogP contribution in [-0.2, 0) is 11.3 Å². The quantitative estimate of drug-likeness (QED) is 0.900. The van der Waals surface area contributed by atoms with Gasteiger partial charge in [0.05, 0.1) is 0 Å². The summed E-state index contributed by atoms with van der Waals surface area (Å²) in [7, 11) is 0. The fourth-order valence-corrected chi connectivity index (χ4v) is 2.07. The second-order valence-electron chi connectivity index (χ2n) is 5.73. The smallest absolute Gasteiger partial charge is 0.263 e. The number of aryl methyl sites for hydroxylation is 1. The van der Waals surface area contributed by atoms with Gasteiger partial charge in [-0.05, 0) is 50.6 Å². The van der Waals surface area contributed by atoms with E-state index in [4.69, 9.17) is 16.3 Å². The maximum Gasteiger partial charge on any atom is 0.263 e. The van der Waals surface area contributed by atoms with Gasteiger partial charge in [0.1, 0.15) is 5.75 Å². The van der Waals surface area contributed by atoms with Gasteiger partial charge in [0.25, 0.3) is 5.91 Å². The van der Waals surface area contributed by atoms with E-state index in [1.54, 1.807) is 38.1 Å². The zero-order valence-corrected chi connectivity index (χ0v) is 13.8. The van der Waals surface area contributed by atoms with Crippen molar-refractivity contribution in [1.82, 2.24) is 5.32 Å². The van der Waals surface area contributed by atoms with Crippen LogP contribution in [0.25, 0.3) is 0 Å². The van der Waals surface area contributed by atoms with E-state index < -0.39 is 5.60 Å². The van der Waals surface area contributed by atoms with Crippen LogP contribution >= 0.6 is 11.6 Å². The molecule has 0 radical (unpaired) electrons. The van der Waals surface area contributed by atoms with E-state index in [0.717, 1.165) is 5.56 Å². The van der Waals surface area contributed by atoms with Crippen molar-refractivity contribution < 1.29 is 9.53 Å². The number of carbonyl (C=O) groups is 1. The monoisotopic (exact) mass is 317 g/mol. The first-order valence-electron chi connectivity index (χ1n) is 7.15. The van der Waals surface area contributed by atoms with Gasteiger partial charge in [-0.25, -0.2) is 0 Å². The van der Waals surface area contributed by atoms with Crippen LogP contribution in [0.1, 0.15) is 25.0 Å². The summed E-state index contributed by atoms with van der Waals surface area (Å²) in [6.45, 7) is 6.00. The molecule has 2 aromatic carbocycles. The maximum atomic E-state index is 12.3. The number of ether oxygens (including phenoxy) is 1. The first-order valence-corrected chi connectivity index (χ1v) is 7.53. The minimum Gasteiger partial charge on any atom is -0.478 e. The van der Waals surface area contributed by atoms with E-state index in [-0.39, 0.29) is 5.91 Å². The van der Waals surface area contributed by atoms with Crippen molar-refractivity contribution in [3.8, 4) is 5.75 Å². The lowest BCUT2D eigenvalue weighted by atomic mass is 10.1. The molecule has 0 unspecified atom stereocenters. The summed E-state index contributed by atoms with van der Waals surface area (Å²) >= 11 is 5.84. The molecular weight excluding hydrogens is 298 g/mol. The van der Waals surface area contributed by atoms with Crippen molar-refractivity contribution >= 4 is 17.5 Å². The van der Waals surface area contributed by atoms with Gasteiger partial charge in [-0.3, -0.25) is 4.79 Å². The van der Waals surface area contributed by atoms with Gasteiger partial charge in [-0.1, -0.05) is 41.4 Å². The van der Waals surface area contributed by atoms with Gasteiger partial charge in [0.2, 0.25) is 0 Å². The molecule has 0 atom stereocenters. The Morgan fingerprint density at radius 2 is 1.68 bits per heavy atom. The van der Waals surface area contributed by atoms with Crippen LogP contribution in [0.3, 0.4) is 0 Å². The fourth-order valence-electron chi connectivity index (χ4n) is 1.94. The van der Waals surface area contributed by atoms with Crippen LogP contribution in [0, 0.1) is 6.92 Å². The first kappa shape index (κ1) is 16.4. The molecule has 3 nitrogen and oxygen atoms in total. The van der Waals surface area contributed by atoms with E-state index in [0.29, 0.717) is 17.3 Å². The minimum absolute atomic E-state index is 0.164. The number of halogens is 1. The Kier molecular flexibility index (Phi) is 5.09. The molecule has 0 aliphatic heterocycles. The van der Waals surface area contributed by atoms with Gasteiger partial charge in [0, 0.05) is 11.6 Å². The number of nitrogens with one attached hydrogen (secondary N) is 1. The third kappa shape index (κ3) is 4.50. The molecule has 2 aromatic rings. The predicted octanol–water partition coefficient (Wildman–Crippen LogP) is 4.12. The number of hydrogen-bond acceptors (Lipinski definition) is 2. The van der Waals surface area contributed by atoms with Crippen molar-refractivity contribution in [1.29, 1.82) is 0 Å². The van der Waals surface area contributed by atoms with E-state index in [9.17, 15) is 4.79 Å². The van der Waals surface area contributed by atoms with Crippen molar-refractivity contribution in [2.45, 2.75) is 32.9 Å². The molecule has 0 spiro atoms. The topological polar surface area (TPSA) is 38.3 Å². The zero-order chi connectivity index (χ0) is 16.2. The van der Waals surface area contributed by atoms with E-state index in [1.807, 2.05) is 31.2 Å². The predicted molar refractivity (Wildman–Crippen MR) is 89.2 cm³/mol. The summed E-state index contributed by atoms with van der Waals surface area (Å²) in [5, 5.41) is 3.53. The number of hydrogen-bond donors (Lipinski definition) is 1. The molecule has 22 heavy (non-hydrogen) atoms. The third-order valence-corrected chi connectivity index (χ3v) is 3.56. The van der Waals surface area contributed by atoms with Crippen LogP contribution in [0.15, 0.2) is 48.5 Å². The summed E-state index contributed by atoms with van der Waals surface area (Å²) in [4.78, 5) is 12.3. The third-order valence-electron chi connectivity index (χ3n) is 3.31. The van der Waals surface area contributed by atoms with Crippen molar-refractivity contribution in [2.24, 2.45) is 0 Å². The maximum absolute atomic E-state index is 12.3. The summed E-state index contributed by atoms with van der Waals surface area (Å²) in [6.07, 6.45) is 0. The molecule has 1 amide bonds. The number of amides is 1. The molecule has 2 rings (SSSR count). The molecule has 0 saturated carbocycles. The van der Waals surface area contributed by atoms with Gasteiger partial charge in [-0.15, -0.1) is 0 Å². The summed E-state index contributed by atoms with van der Waals surface area (Å²) in [5.41, 5.74) is 1.29. The standard InChI is InChI=1S/C18H20ClNO2/c1-13-4-6-14(7-5-13)12-20-17(21)18(2,3)22-16-10-8-15(19)9-11-16/h4-11H,12H2,1-3H3,(H,20,21). The molecule has 0 bridgehead atoms. The molecule has 0 aliphatic carbocycles. The molecule has 0 saturated heterocycles. The molecule has 0 fully saturated rings. The highest BCUT2D eigenvalue weighted by atomic mass is 35.5. The zero-order valence-electron chi connectivity index (χ0n) is 13.0. The molecule has 0 aromatic heterocycles. The Morgan fingerprint density at radius 1 is 1.09 bits per heavy atom. The average molecular weight is 318 g/mol. The van der Waals surface area contributed by atoms with Crippen LogP contribution in [0.5, 0.6) is 5.75 Å². The minimum atomic E-state index is -0.960. The van der Waals surface area contributed by atoms with E-state index >= 15 is 0 Å². The lowest BCUT2D eigenvalue weighted by molar-refractivity contribution is -0.134. The highest BCUT2D eigenvalue weighted by molar-refractivity contribution is 6.30. The van der Waals surface area contributed by atoms with Crippen LogP contribution in [0.4, 0.5) is 0 Å². The van der Waals surface area contributed by atoms with Gasteiger partial charge in [-0.2, -0.15) is 0 Å². The molecule has 116 valence electrons. The van der Waals surface area contributed by atoms with Gasteiger partial charge in [0.15, 0.2) is 5.60 Å².